The number of amidine groups is 1. The van der Waals surface area contributed by atoms with Gasteiger partial charge in [0.05, 0.1) is 23.1 Å². The van der Waals surface area contributed by atoms with E-state index in [1.54, 1.807) is 18.5 Å². The first-order valence-electron chi connectivity index (χ1n) is 9.41. The van der Waals surface area contributed by atoms with Gasteiger partial charge in [0.2, 0.25) is 5.91 Å². The Balaban J connectivity index is 1.53. The number of amides is 1. The third kappa shape index (κ3) is 3.73. The van der Waals surface area contributed by atoms with Crippen molar-refractivity contribution >= 4 is 28.5 Å². The van der Waals surface area contributed by atoms with E-state index < -0.39 is 0 Å². The minimum Gasteiger partial charge on any atom is -0.508 e. The normalized spacial score (nSPS) is 10.8. The Hall–Kier alpha value is -4.13. The third-order valence-corrected chi connectivity index (χ3v) is 4.94. The number of carbonyl (C=O) groups excluding carboxylic acids is 1. The van der Waals surface area contributed by atoms with Crippen LogP contribution in [0.4, 0.5) is 5.69 Å². The average Bonchev–Trinajstić information content (AvgIpc) is 3.13. The number of imidazole rings is 1. The van der Waals surface area contributed by atoms with E-state index in [4.69, 9.17) is 11.1 Å². The predicted octanol–water partition coefficient (Wildman–Crippen LogP) is 3.50. The zero-order chi connectivity index (χ0) is 21.3. The zero-order valence-electron chi connectivity index (χ0n) is 16.4. The first-order chi connectivity index (χ1) is 14.4. The second kappa shape index (κ2) is 7.71. The van der Waals surface area contributed by atoms with E-state index in [0.717, 1.165) is 22.3 Å². The molecule has 1 heterocycles. The van der Waals surface area contributed by atoms with Crippen molar-refractivity contribution in [2.75, 3.05) is 5.32 Å². The number of carbonyl (C=O) groups is 1. The molecule has 0 fully saturated rings. The largest absolute Gasteiger partial charge is 0.508 e. The maximum Gasteiger partial charge on any atom is 0.228 e. The number of nitrogen functional groups attached to an aromatic ring is 1. The Bertz CT molecular complexity index is 1280. The Morgan fingerprint density at radius 2 is 1.97 bits per heavy atom. The first kappa shape index (κ1) is 19.2. The van der Waals surface area contributed by atoms with Crippen molar-refractivity contribution in [3.8, 4) is 11.4 Å². The van der Waals surface area contributed by atoms with Gasteiger partial charge in [-0.05, 0) is 61.0 Å². The number of aryl methyl sites for hydroxylation is 1. The second-order valence-corrected chi connectivity index (χ2v) is 7.09. The molecule has 5 N–H and O–H groups in total. The van der Waals surface area contributed by atoms with Gasteiger partial charge < -0.3 is 16.2 Å². The van der Waals surface area contributed by atoms with Crippen LogP contribution in [0.3, 0.4) is 0 Å². The van der Waals surface area contributed by atoms with Crippen LogP contribution in [-0.2, 0) is 11.2 Å². The summed E-state index contributed by atoms with van der Waals surface area (Å²) < 4.78 is 2.02. The molecule has 7 heteroatoms. The van der Waals surface area contributed by atoms with Gasteiger partial charge >= 0.3 is 0 Å². The standard InChI is InChI=1S/C23H21N5O2/c1-14-10-17(7-8-19(14)28-13-26-18-4-2-3-5-20(18)28)27-22(30)12-16-11-15(23(24)25)6-9-21(16)29/h2-11,13,29H,12H2,1H3,(H3,24,25)(H,27,30). The third-order valence-electron chi connectivity index (χ3n) is 4.94. The number of phenols is 1. The molecule has 0 aliphatic rings. The minimum atomic E-state index is -0.272. The summed E-state index contributed by atoms with van der Waals surface area (Å²) in [6, 6.07) is 18.1. The first-order valence-corrected chi connectivity index (χ1v) is 9.41. The lowest BCUT2D eigenvalue weighted by atomic mass is 10.1. The van der Waals surface area contributed by atoms with E-state index in [1.807, 2.05) is 54.0 Å². The second-order valence-electron chi connectivity index (χ2n) is 7.09. The number of rotatable bonds is 5. The number of para-hydroxylation sites is 2. The number of hydrogen-bond donors (Lipinski definition) is 4. The van der Waals surface area contributed by atoms with Crippen LogP contribution in [0.25, 0.3) is 16.7 Å². The number of anilines is 1. The van der Waals surface area contributed by atoms with Gasteiger partial charge in [0, 0.05) is 16.8 Å². The summed E-state index contributed by atoms with van der Waals surface area (Å²) in [6.45, 7) is 1.97. The lowest BCUT2D eigenvalue weighted by Crippen LogP contribution is -2.16. The van der Waals surface area contributed by atoms with Gasteiger partial charge in [-0.2, -0.15) is 0 Å². The summed E-state index contributed by atoms with van der Waals surface area (Å²) in [6.07, 6.45) is 1.76. The number of benzene rings is 3. The van der Waals surface area contributed by atoms with Gasteiger partial charge in [-0.25, -0.2) is 4.98 Å². The van der Waals surface area contributed by atoms with Crippen LogP contribution < -0.4 is 11.1 Å². The van der Waals surface area contributed by atoms with Gasteiger partial charge in [0.1, 0.15) is 17.9 Å². The fourth-order valence-electron chi connectivity index (χ4n) is 3.43. The van der Waals surface area contributed by atoms with E-state index in [9.17, 15) is 9.90 Å². The van der Waals surface area contributed by atoms with E-state index in [1.165, 1.54) is 6.07 Å². The number of phenolic OH excluding ortho intramolecular Hbond substituents is 1. The fourth-order valence-corrected chi connectivity index (χ4v) is 3.43. The van der Waals surface area contributed by atoms with Gasteiger partial charge in [0.25, 0.3) is 0 Å². The van der Waals surface area contributed by atoms with Gasteiger partial charge in [-0.15, -0.1) is 0 Å². The molecule has 0 unspecified atom stereocenters. The monoisotopic (exact) mass is 399 g/mol. The SMILES string of the molecule is Cc1cc(NC(=O)Cc2cc(C(=N)N)ccc2O)ccc1-n1cnc2ccccc21. The summed E-state index contributed by atoms with van der Waals surface area (Å²) in [5, 5.41) is 20.4. The van der Waals surface area contributed by atoms with Crippen molar-refractivity contribution in [2.24, 2.45) is 5.73 Å². The lowest BCUT2D eigenvalue weighted by Gasteiger charge is -2.12. The van der Waals surface area contributed by atoms with Crippen molar-refractivity contribution in [1.82, 2.24) is 9.55 Å². The molecule has 0 saturated heterocycles. The number of nitrogens with one attached hydrogen (secondary N) is 2. The zero-order valence-corrected chi connectivity index (χ0v) is 16.4. The molecule has 0 saturated carbocycles. The molecule has 0 aliphatic carbocycles. The molecule has 150 valence electrons. The summed E-state index contributed by atoms with van der Waals surface area (Å²) in [5.41, 5.74) is 10.9. The molecule has 3 aromatic carbocycles. The van der Waals surface area contributed by atoms with Crippen LogP contribution >= 0.6 is 0 Å². The summed E-state index contributed by atoms with van der Waals surface area (Å²) in [4.78, 5) is 16.9. The van der Waals surface area contributed by atoms with Crippen LogP contribution in [0.15, 0.2) is 67.0 Å². The van der Waals surface area contributed by atoms with Crippen LogP contribution in [0.2, 0.25) is 0 Å². The highest BCUT2D eigenvalue weighted by Crippen LogP contribution is 2.24. The molecular weight excluding hydrogens is 378 g/mol. The van der Waals surface area contributed by atoms with Gasteiger partial charge in [0.15, 0.2) is 0 Å². The van der Waals surface area contributed by atoms with E-state index >= 15 is 0 Å². The Morgan fingerprint density at radius 1 is 1.17 bits per heavy atom. The molecular formula is C23H21N5O2. The average molecular weight is 399 g/mol. The quantitative estimate of drug-likeness (QED) is 0.303. The number of nitrogens with zero attached hydrogens (tertiary/aromatic N) is 2. The van der Waals surface area contributed by atoms with Gasteiger partial charge in [-0.3, -0.25) is 14.8 Å². The number of fused-ring (bicyclic) bond motifs is 1. The highest BCUT2D eigenvalue weighted by Gasteiger charge is 2.12. The van der Waals surface area contributed by atoms with E-state index in [2.05, 4.69) is 10.3 Å². The molecule has 0 aliphatic heterocycles. The van der Waals surface area contributed by atoms with Crippen molar-refractivity contribution in [3.63, 3.8) is 0 Å². The summed E-state index contributed by atoms with van der Waals surface area (Å²) >= 11 is 0. The fraction of sp³-hybridized carbons (Fsp3) is 0.0870. The smallest absolute Gasteiger partial charge is 0.228 e. The Labute approximate surface area is 173 Å². The maximum atomic E-state index is 12.5. The molecule has 0 radical (unpaired) electrons. The number of aromatic hydroxyl groups is 1. The van der Waals surface area contributed by atoms with E-state index in [-0.39, 0.29) is 23.9 Å². The molecule has 4 aromatic rings. The Morgan fingerprint density at radius 3 is 2.73 bits per heavy atom. The molecule has 1 amide bonds. The molecule has 0 atom stereocenters. The molecule has 7 nitrogen and oxygen atoms in total. The molecule has 4 rings (SSSR count). The highest BCUT2D eigenvalue weighted by molar-refractivity contribution is 5.96. The number of nitrogens with two attached hydrogens (primary N) is 1. The van der Waals surface area contributed by atoms with Crippen molar-refractivity contribution in [1.29, 1.82) is 5.41 Å². The van der Waals surface area contributed by atoms with Crippen LogP contribution in [-0.4, -0.2) is 26.4 Å². The van der Waals surface area contributed by atoms with Crippen molar-refractivity contribution in [3.05, 3.63) is 83.7 Å². The van der Waals surface area contributed by atoms with Crippen molar-refractivity contribution in [2.45, 2.75) is 13.3 Å². The lowest BCUT2D eigenvalue weighted by molar-refractivity contribution is -0.115. The molecule has 30 heavy (non-hydrogen) atoms. The topological polar surface area (TPSA) is 117 Å². The van der Waals surface area contributed by atoms with Crippen LogP contribution in [0, 0.1) is 12.3 Å². The molecule has 0 bridgehead atoms. The Kier molecular flexibility index (Phi) is 4.93. The summed E-state index contributed by atoms with van der Waals surface area (Å²) in [5.74, 6) is -0.394. The molecule has 1 aromatic heterocycles. The predicted molar refractivity (Wildman–Crippen MR) is 117 cm³/mol. The van der Waals surface area contributed by atoms with Crippen LogP contribution in [0.5, 0.6) is 5.75 Å². The number of hydrogen-bond acceptors (Lipinski definition) is 4. The summed E-state index contributed by atoms with van der Waals surface area (Å²) in [7, 11) is 0. The van der Waals surface area contributed by atoms with Gasteiger partial charge in [-0.1, -0.05) is 12.1 Å². The highest BCUT2D eigenvalue weighted by atomic mass is 16.3. The minimum absolute atomic E-state index is 0.00587. The number of aromatic nitrogens is 2. The van der Waals surface area contributed by atoms with Crippen molar-refractivity contribution < 1.29 is 9.90 Å². The van der Waals surface area contributed by atoms with E-state index in [0.29, 0.717) is 16.8 Å². The van der Waals surface area contributed by atoms with Crippen LogP contribution in [0.1, 0.15) is 16.7 Å². The maximum absolute atomic E-state index is 12.5. The molecule has 0 spiro atoms.